The van der Waals surface area contributed by atoms with Crippen molar-refractivity contribution in [2.24, 2.45) is 0 Å². The number of hydrogen-bond donors (Lipinski definition) is 2. The Hall–Kier alpha value is -3.19. The molecule has 0 atom stereocenters. The molecule has 0 aliphatic carbocycles. The zero-order chi connectivity index (χ0) is 28.8. The first-order chi connectivity index (χ1) is 19.9. The van der Waals surface area contributed by atoms with E-state index >= 15 is 0 Å². The number of anilines is 3. The van der Waals surface area contributed by atoms with Crippen LogP contribution in [0.1, 0.15) is 18.2 Å². The van der Waals surface area contributed by atoms with Gasteiger partial charge in [0.1, 0.15) is 5.78 Å². The molecule has 220 valence electrons. The third-order valence-corrected chi connectivity index (χ3v) is 8.44. The fourth-order valence-electron chi connectivity index (χ4n) is 5.16. The smallest absolute Gasteiger partial charge is 0.204 e. The van der Waals surface area contributed by atoms with Crippen LogP contribution in [0.2, 0.25) is 0 Å². The molecular formula is C29H41N9O2S. The van der Waals surface area contributed by atoms with E-state index in [1.165, 1.54) is 11.8 Å². The first kappa shape index (κ1) is 29.3. The maximum Gasteiger partial charge on any atom is 0.204 e. The fourth-order valence-corrected chi connectivity index (χ4v) is 5.91. The summed E-state index contributed by atoms with van der Waals surface area (Å²) in [6, 6.07) is 9.93. The second-order valence-electron chi connectivity index (χ2n) is 10.9. The van der Waals surface area contributed by atoms with Crippen molar-refractivity contribution in [1.82, 2.24) is 34.9 Å². The number of piperazine rings is 2. The number of aromatic amines is 1. The average molecular weight is 580 g/mol. The summed E-state index contributed by atoms with van der Waals surface area (Å²) in [7, 11) is 3.86. The average Bonchev–Trinajstić information content (AvgIpc) is 3.38. The molecule has 4 heterocycles. The van der Waals surface area contributed by atoms with E-state index in [1.54, 1.807) is 14.0 Å². The lowest BCUT2D eigenvalue weighted by Gasteiger charge is -2.38. The highest BCUT2D eigenvalue weighted by Gasteiger charge is 2.26. The number of hydrogen-bond acceptors (Lipinski definition) is 11. The summed E-state index contributed by atoms with van der Waals surface area (Å²) in [5, 5.41) is 11.3. The maximum absolute atomic E-state index is 11.5. The molecule has 3 aromatic rings. The van der Waals surface area contributed by atoms with Crippen LogP contribution in [0.4, 0.5) is 17.5 Å². The highest BCUT2D eigenvalue weighted by atomic mass is 32.2. The Bertz CT molecular complexity index is 1300. The highest BCUT2D eigenvalue weighted by Crippen LogP contribution is 2.38. The summed E-state index contributed by atoms with van der Waals surface area (Å²) in [5.41, 5.74) is 1.95. The number of methoxy groups -OCH3 is 1. The van der Waals surface area contributed by atoms with Crippen molar-refractivity contribution in [3.8, 4) is 5.75 Å². The summed E-state index contributed by atoms with van der Waals surface area (Å²) < 4.78 is 5.90. The van der Waals surface area contributed by atoms with Gasteiger partial charge in [-0.05, 0) is 50.4 Å². The SMILES string of the molecule is COc1c(Nc2cc(C)[nH]n2)nc(Sc2ccc(CC(C)=O)cc2)nc1N1CCN(CCN2CCN(C)CC2)CC1. The standard InChI is InChI=1S/C29H41N9O2S/c1-21-19-25(34-33-21)30-27-26(40-4)28(32-29(31-27)41-24-7-5-23(6-8-24)20-22(2)39)38-17-15-37(16-18-38)14-13-36-11-9-35(3)10-12-36/h5-8,19H,9-18,20H2,1-4H3,(H2,30,31,32,33,34). The van der Waals surface area contributed by atoms with Gasteiger partial charge in [-0.3, -0.25) is 19.7 Å². The second-order valence-corrected chi connectivity index (χ2v) is 11.9. The van der Waals surface area contributed by atoms with Crippen molar-refractivity contribution in [3.63, 3.8) is 0 Å². The number of Topliss-reactive ketones (excluding diaryl/α,β-unsaturated/α-hetero) is 1. The molecule has 1 aromatic carbocycles. The normalized spacial score (nSPS) is 17.1. The van der Waals surface area contributed by atoms with Crippen molar-refractivity contribution in [2.75, 3.05) is 89.8 Å². The number of nitrogens with one attached hydrogen (secondary N) is 2. The minimum Gasteiger partial charge on any atom is -0.490 e. The number of rotatable bonds is 11. The Morgan fingerprint density at radius 1 is 1.00 bits per heavy atom. The number of H-pyrrole nitrogens is 1. The van der Waals surface area contributed by atoms with E-state index in [-0.39, 0.29) is 5.78 Å². The van der Waals surface area contributed by atoms with Crippen molar-refractivity contribution >= 4 is 35.0 Å². The van der Waals surface area contributed by atoms with E-state index in [1.807, 2.05) is 37.3 Å². The predicted octanol–water partition coefficient (Wildman–Crippen LogP) is 2.91. The van der Waals surface area contributed by atoms with E-state index in [9.17, 15) is 4.79 Å². The first-order valence-corrected chi connectivity index (χ1v) is 15.1. The number of aryl methyl sites for hydroxylation is 1. The quantitative estimate of drug-likeness (QED) is 0.328. The van der Waals surface area contributed by atoms with Crippen LogP contribution in [0.3, 0.4) is 0 Å². The van der Waals surface area contributed by atoms with E-state index in [2.05, 4.69) is 42.2 Å². The lowest BCUT2D eigenvalue weighted by Crippen LogP contribution is -2.51. The van der Waals surface area contributed by atoms with Crippen LogP contribution >= 0.6 is 11.8 Å². The summed E-state index contributed by atoms with van der Waals surface area (Å²) in [6.07, 6.45) is 0.437. The molecule has 41 heavy (non-hydrogen) atoms. The highest BCUT2D eigenvalue weighted by molar-refractivity contribution is 7.99. The minimum absolute atomic E-state index is 0.150. The van der Waals surface area contributed by atoms with Gasteiger partial charge in [-0.2, -0.15) is 5.10 Å². The summed E-state index contributed by atoms with van der Waals surface area (Å²) in [4.78, 5) is 32.2. The van der Waals surface area contributed by atoms with Gasteiger partial charge >= 0.3 is 0 Å². The summed E-state index contributed by atoms with van der Waals surface area (Å²) in [5.74, 6) is 2.79. The topological polar surface area (TPSA) is 106 Å². The molecule has 5 rings (SSSR count). The molecule has 0 unspecified atom stereocenters. The van der Waals surface area contributed by atoms with Crippen LogP contribution in [-0.4, -0.2) is 120 Å². The van der Waals surface area contributed by atoms with Gasteiger partial charge in [0.05, 0.1) is 7.11 Å². The van der Waals surface area contributed by atoms with E-state index in [0.717, 1.165) is 87.4 Å². The fraction of sp³-hybridized carbons (Fsp3) is 0.517. The largest absolute Gasteiger partial charge is 0.490 e. The molecule has 2 aliphatic rings. The van der Waals surface area contributed by atoms with E-state index in [4.69, 9.17) is 14.7 Å². The van der Waals surface area contributed by atoms with E-state index in [0.29, 0.717) is 29.0 Å². The molecule has 0 amide bonds. The summed E-state index contributed by atoms with van der Waals surface area (Å²) in [6.45, 7) is 14.1. The molecular weight excluding hydrogens is 538 g/mol. The molecule has 0 spiro atoms. The van der Waals surface area contributed by atoms with Gasteiger partial charge in [-0.25, -0.2) is 9.97 Å². The van der Waals surface area contributed by atoms with Crippen LogP contribution < -0.4 is 15.0 Å². The molecule has 0 bridgehead atoms. The zero-order valence-corrected chi connectivity index (χ0v) is 25.3. The molecule has 2 N–H and O–H groups in total. The molecule has 2 fully saturated rings. The molecule has 11 nitrogen and oxygen atoms in total. The van der Waals surface area contributed by atoms with Crippen LogP contribution in [0, 0.1) is 6.92 Å². The number of ether oxygens (including phenoxy) is 1. The Balaban J connectivity index is 1.32. The molecule has 0 saturated carbocycles. The van der Waals surface area contributed by atoms with Gasteiger partial charge in [0.15, 0.2) is 22.6 Å². The number of aromatic nitrogens is 4. The number of carbonyl (C=O) groups excluding carboxylic acids is 1. The Morgan fingerprint density at radius 3 is 2.24 bits per heavy atom. The van der Waals surface area contributed by atoms with Crippen LogP contribution in [0.25, 0.3) is 0 Å². The number of ketones is 1. The van der Waals surface area contributed by atoms with Crippen molar-refractivity contribution < 1.29 is 9.53 Å². The summed E-state index contributed by atoms with van der Waals surface area (Å²) >= 11 is 1.49. The number of likely N-dealkylation sites (N-methyl/N-ethyl adjacent to an activating group) is 1. The molecule has 0 radical (unpaired) electrons. The van der Waals surface area contributed by atoms with Gasteiger partial charge in [-0.1, -0.05) is 12.1 Å². The lowest BCUT2D eigenvalue weighted by molar-refractivity contribution is -0.116. The van der Waals surface area contributed by atoms with Gasteiger partial charge in [0, 0.05) is 88.5 Å². The first-order valence-electron chi connectivity index (χ1n) is 14.3. The Morgan fingerprint density at radius 2 is 1.66 bits per heavy atom. The van der Waals surface area contributed by atoms with Gasteiger partial charge < -0.3 is 19.9 Å². The van der Waals surface area contributed by atoms with Crippen LogP contribution in [0.15, 0.2) is 40.4 Å². The van der Waals surface area contributed by atoms with Gasteiger partial charge in [0.2, 0.25) is 5.75 Å². The minimum atomic E-state index is 0.150. The van der Waals surface area contributed by atoms with Crippen molar-refractivity contribution in [3.05, 3.63) is 41.6 Å². The molecule has 2 aliphatic heterocycles. The second kappa shape index (κ2) is 13.6. The van der Waals surface area contributed by atoms with Gasteiger partial charge in [-0.15, -0.1) is 0 Å². The third kappa shape index (κ3) is 7.97. The van der Waals surface area contributed by atoms with Crippen LogP contribution in [-0.2, 0) is 11.2 Å². The number of carbonyl (C=O) groups is 1. The third-order valence-electron chi connectivity index (χ3n) is 7.57. The van der Waals surface area contributed by atoms with E-state index < -0.39 is 0 Å². The van der Waals surface area contributed by atoms with Gasteiger partial charge in [0.25, 0.3) is 0 Å². The lowest BCUT2D eigenvalue weighted by atomic mass is 10.1. The number of benzene rings is 1. The van der Waals surface area contributed by atoms with Crippen molar-refractivity contribution in [2.45, 2.75) is 30.3 Å². The Labute approximate surface area is 246 Å². The van der Waals surface area contributed by atoms with Crippen molar-refractivity contribution in [1.29, 1.82) is 0 Å². The zero-order valence-electron chi connectivity index (χ0n) is 24.5. The predicted molar refractivity (Wildman–Crippen MR) is 163 cm³/mol. The van der Waals surface area contributed by atoms with Crippen LogP contribution in [0.5, 0.6) is 5.75 Å². The maximum atomic E-state index is 11.5. The monoisotopic (exact) mass is 579 g/mol. The Kier molecular flexibility index (Phi) is 9.76. The molecule has 2 saturated heterocycles. The molecule has 12 heteroatoms. The number of nitrogens with zero attached hydrogens (tertiary/aromatic N) is 7. The molecule has 2 aromatic heterocycles.